The first-order valence-electron chi connectivity index (χ1n) is 4.19. The summed E-state index contributed by atoms with van der Waals surface area (Å²) in [6, 6.07) is 0. The first kappa shape index (κ1) is 11.1. The van der Waals surface area contributed by atoms with Crippen LogP contribution in [0.5, 0.6) is 0 Å². The normalized spacial score (nSPS) is 11.1. The molecule has 0 aromatic carbocycles. The van der Waals surface area contributed by atoms with E-state index in [1.165, 1.54) is 12.5 Å². The number of halogens is 2. The molecule has 4 nitrogen and oxygen atoms in total. The molecular formula is C8H12F2N2O2. The maximum Gasteiger partial charge on any atom is 0.261 e. The molecule has 0 aliphatic rings. The minimum Gasteiger partial charge on any atom is -0.390 e. The smallest absolute Gasteiger partial charge is 0.261 e. The average molecular weight is 206 g/mol. The van der Waals surface area contributed by atoms with Crippen molar-refractivity contribution in [2.45, 2.75) is 19.6 Å². The highest BCUT2D eigenvalue weighted by atomic mass is 19.3. The lowest BCUT2D eigenvalue weighted by atomic mass is 10.5. The van der Waals surface area contributed by atoms with Crippen LogP contribution in [0.25, 0.3) is 0 Å². The van der Waals surface area contributed by atoms with Crippen LogP contribution in [-0.4, -0.2) is 34.3 Å². The second kappa shape index (κ2) is 5.66. The third kappa shape index (κ3) is 3.39. The molecule has 0 unspecified atom stereocenters. The highest BCUT2D eigenvalue weighted by molar-refractivity contribution is 4.95. The van der Waals surface area contributed by atoms with Gasteiger partial charge in [0.05, 0.1) is 31.4 Å². The number of aliphatic hydroxyl groups is 1. The summed E-state index contributed by atoms with van der Waals surface area (Å²) in [5.41, 5.74) is 0.644. The minimum absolute atomic E-state index is 0.116. The quantitative estimate of drug-likeness (QED) is 0.695. The number of hydrogen-bond acceptors (Lipinski definition) is 3. The van der Waals surface area contributed by atoms with Crippen molar-refractivity contribution in [3.05, 3.63) is 18.2 Å². The van der Waals surface area contributed by atoms with E-state index in [-0.39, 0.29) is 13.2 Å². The zero-order valence-corrected chi connectivity index (χ0v) is 7.57. The number of aromatic nitrogens is 2. The molecule has 0 bridgehead atoms. The largest absolute Gasteiger partial charge is 0.390 e. The Hall–Kier alpha value is -1.01. The van der Waals surface area contributed by atoms with E-state index < -0.39 is 13.0 Å². The number of rotatable bonds is 6. The van der Waals surface area contributed by atoms with Gasteiger partial charge in [0.15, 0.2) is 0 Å². The topological polar surface area (TPSA) is 47.3 Å². The summed E-state index contributed by atoms with van der Waals surface area (Å²) in [5, 5.41) is 8.83. The molecule has 1 N–H and O–H groups in total. The van der Waals surface area contributed by atoms with Gasteiger partial charge in [-0.3, -0.25) is 0 Å². The Balaban J connectivity index is 2.24. The van der Waals surface area contributed by atoms with Crippen molar-refractivity contribution in [2.75, 3.05) is 13.2 Å². The number of hydrogen-bond donors (Lipinski definition) is 1. The Kier molecular flexibility index (Phi) is 4.48. The number of aliphatic hydroxyl groups excluding tert-OH is 1. The SMILES string of the molecule is OCc1cncn1CCOCC(F)F. The molecule has 14 heavy (non-hydrogen) atoms. The van der Waals surface area contributed by atoms with Crippen LogP contribution in [0.4, 0.5) is 8.78 Å². The lowest BCUT2D eigenvalue weighted by molar-refractivity contribution is 0.0144. The van der Waals surface area contributed by atoms with E-state index in [1.54, 1.807) is 4.57 Å². The van der Waals surface area contributed by atoms with Crippen molar-refractivity contribution < 1.29 is 18.6 Å². The molecule has 0 radical (unpaired) electrons. The second-order valence-corrected chi connectivity index (χ2v) is 2.70. The molecule has 0 saturated carbocycles. The van der Waals surface area contributed by atoms with Gasteiger partial charge in [-0.25, -0.2) is 13.8 Å². The van der Waals surface area contributed by atoms with Crippen LogP contribution in [0, 0.1) is 0 Å². The maximum atomic E-state index is 11.7. The zero-order chi connectivity index (χ0) is 10.4. The number of alkyl halides is 2. The fraction of sp³-hybridized carbons (Fsp3) is 0.625. The summed E-state index contributed by atoms with van der Waals surface area (Å²) >= 11 is 0. The van der Waals surface area contributed by atoms with Crippen LogP contribution < -0.4 is 0 Å². The Morgan fingerprint density at radius 3 is 3.00 bits per heavy atom. The first-order valence-corrected chi connectivity index (χ1v) is 4.19. The van der Waals surface area contributed by atoms with Gasteiger partial charge in [0.25, 0.3) is 6.43 Å². The summed E-state index contributed by atoms with van der Waals surface area (Å²) in [6.45, 7) is -0.0612. The molecule has 0 aliphatic carbocycles. The van der Waals surface area contributed by atoms with Gasteiger partial charge in [-0.15, -0.1) is 0 Å². The van der Waals surface area contributed by atoms with Gasteiger partial charge in [0.1, 0.15) is 6.61 Å². The third-order valence-corrected chi connectivity index (χ3v) is 1.68. The van der Waals surface area contributed by atoms with Gasteiger partial charge < -0.3 is 14.4 Å². The second-order valence-electron chi connectivity index (χ2n) is 2.70. The monoisotopic (exact) mass is 206 g/mol. The standard InChI is InChI=1S/C8H12F2N2O2/c9-8(10)5-14-2-1-12-6-11-3-7(12)4-13/h3,6,8,13H,1-2,4-5H2. The molecule has 0 atom stereocenters. The Morgan fingerprint density at radius 1 is 1.57 bits per heavy atom. The summed E-state index contributed by atoms with van der Waals surface area (Å²) in [7, 11) is 0. The fourth-order valence-electron chi connectivity index (χ4n) is 1.02. The Morgan fingerprint density at radius 2 is 2.36 bits per heavy atom. The number of imidazole rings is 1. The summed E-state index contributed by atoms with van der Waals surface area (Å²) in [6.07, 6.45) is 0.611. The number of nitrogens with zero attached hydrogens (tertiary/aromatic N) is 2. The van der Waals surface area contributed by atoms with Crippen LogP contribution in [0.15, 0.2) is 12.5 Å². The molecule has 6 heteroatoms. The molecule has 0 spiro atoms. The van der Waals surface area contributed by atoms with Crippen LogP contribution >= 0.6 is 0 Å². The van der Waals surface area contributed by atoms with E-state index in [0.717, 1.165) is 0 Å². The number of ether oxygens (including phenoxy) is 1. The summed E-state index contributed by atoms with van der Waals surface area (Å²) in [5.74, 6) is 0. The Bertz CT molecular complexity index is 266. The molecule has 0 fully saturated rings. The molecule has 0 saturated heterocycles. The predicted octanol–water partition coefficient (Wildman–Crippen LogP) is 0.657. The lowest BCUT2D eigenvalue weighted by Crippen LogP contribution is -2.11. The first-order chi connectivity index (χ1) is 6.74. The summed E-state index contributed by atoms with van der Waals surface area (Å²) in [4.78, 5) is 3.81. The lowest BCUT2D eigenvalue weighted by Gasteiger charge is -2.06. The van der Waals surface area contributed by atoms with E-state index in [1.807, 2.05) is 0 Å². The van der Waals surface area contributed by atoms with Gasteiger partial charge in [0, 0.05) is 6.54 Å². The van der Waals surface area contributed by atoms with Crippen LogP contribution in [0.2, 0.25) is 0 Å². The highest BCUT2D eigenvalue weighted by Gasteiger charge is 2.03. The molecule has 1 rings (SSSR count). The average Bonchev–Trinajstić information content (AvgIpc) is 2.59. The van der Waals surface area contributed by atoms with E-state index in [2.05, 4.69) is 9.72 Å². The van der Waals surface area contributed by atoms with Gasteiger partial charge in [0.2, 0.25) is 0 Å². The van der Waals surface area contributed by atoms with Crippen molar-refractivity contribution in [1.82, 2.24) is 9.55 Å². The Labute approximate surface area is 80.1 Å². The van der Waals surface area contributed by atoms with Gasteiger partial charge in [-0.05, 0) is 0 Å². The minimum atomic E-state index is -2.44. The van der Waals surface area contributed by atoms with Crippen molar-refractivity contribution >= 4 is 0 Å². The van der Waals surface area contributed by atoms with E-state index in [4.69, 9.17) is 5.11 Å². The third-order valence-electron chi connectivity index (χ3n) is 1.68. The van der Waals surface area contributed by atoms with Crippen molar-refractivity contribution in [1.29, 1.82) is 0 Å². The van der Waals surface area contributed by atoms with Crippen molar-refractivity contribution in [2.24, 2.45) is 0 Å². The van der Waals surface area contributed by atoms with Gasteiger partial charge in [-0.2, -0.15) is 0 Å². The highest BCUT2D eigenvalue weighted by Crippen LogP contribution is 1.99. The van der Waals surface area contributed by atoms with Crippen molar-refractivity contribution in [3.63, 3.8) is 0 Å². The fourth-order valence-corrected chi connectivity index (χ4v) is 1.02. The summed E-state index contributed by atoms with van der Waals surface area (Å²) < 4.78 is 29.7. The van der Waals surface area contributed by atoms with Crippen molar-refractivity contribution in [3.8, 4) is 0 Å². The maximum absolute atomic E-state index is 11.7. The molecule has 1 aromatic heterocycles. The predicted molar refractivity (Wildman–Crippen MR) is 45.0 cm³/mol. The molecule has 0 amide bonds. The van der Waals surface area contributed by atoms with E-state index in [0.29, 0.717) is 12.2 Å². The van der Waals surface area contributed by atoms with Crippen LogP contribution in [0.1, 0.15) is 5.69 Å². The molecule has 80 valence electrons. The van der Waals surface area contributed by atoms with Crippen LogP contribution in [-0.2, 0) is 17.9 Å². The van der Waals surface area contributed by atoms with Crippen LogP contribution in [0.3, 0.4) is 0 Å². The van der Waals surface area contributed by atoms with E-state index in [9.17, 15) is 8.78 Å². The molecule has 0 aliphatic heterocycles. The van der Waals surface area contributed by atoms with E-state index >= 15 is 0 Å². The molecule has 1 heterocycles. The zero-order valence-electron chi connectivity index (χ0n) is 7.57. The molecule has 1 aromatic rings. The van der Waals surface area contributed by atoms with Gasteiger partial charge in [-0.1, -0.05) is 0 Å². The molecular weight excluding hydrogens is 194 g/mol. The van der Waals surface area contributed by atoms with Gasteiger partial charge >= 0.3 is 0 Å².